The molecule has 1 aliphatic rings. The number of amides is 1. The highest BCUT2D eigenvalue weighted by atomic mass is 16.1. The van der Waals surface area contributed by atoms with Crippen molar-refractivity contribution in [1.29, 1.82) is 0 Å². The maximum atomic E-state index is 12.5. The minimum atomic E-state index is -0.106. The second-order valence-electron chi connectivity index (χ2n) is 7.79. The summed E-state index contributed by atoms with van der Waals surface area (Å²) < 4.78 is 0. The molecule has 2 aromatic carbocycles. The van der Waals surface area contributed by atoms with Gasteiger partial charge in [-0.1, -0.05) is 49.1 Å². The first kappa shape index (κ1) is 22.7. The number of rotatable bonds is 7. The highest BCUT2D eigenvalue weighted by Gasteiger charge is 2.17. The number of hydrogen-bond donors (Lipinski definition) is 2. The molecule has 2 N–H and O–H groups in total. The normalized spacial score (nSPS) is 13.4. The summed E-state index contributed by atoms with van der Waals surface area (Å²) in [5.41, 5.74) is 8.41. The third kappa shape index (κ3) is 5.86. The predicted molar refractivity (Wildman–Crippen MR) is 137 cm³/mol. The van der Waals surface area contributed by atoms with Gasteiger partial charge in [0.1, 0.15) is 5.84 Å². The molecule has 0 unspecified atom stereocenters. The molecule has 34 heavy (non-hydrogen) atoms. The van der Waals surface area contributed by atoms with Gasteiger partial charge in [0, 0.05) is 36.0 Å². The number of para-hydroxylation sites is 1. The third-order valence-electron chi connectivity index (χ3n) is 5.23. The summed E-state index contributed by atoms with van der Waals surface area (Å²) >= 11 is 0. The van der Waals surface area contributed by atoms with Crippen LogP contribution in [0.2, 0.25) is 0 Å². The van der Waals surface area contributed by atoms with E-state index < -0.39 is 0 Å². The van der Waals surface area contributed by atoms with Gasteiger partial charge in [-0.25, -0.2) is 4.99 Å². The molecule has 170 valence electrons. The van der Waals surface area contributed by atoms with Crippen LogP contribution in [0.3, 0.4) is 0 Å². The van der Waals surface area contributed by atoms with Crippen molar-refractivity contribution in [2.45, 2.75) is 13.3 Å². The fourth-order valence-corrected chi connectivity index (χ4v) is 3.54. The lowest BCUT2D eigenvalue weighted by Gasteiger charge is -2.31. The Morgan fingerprint density at radius 3 is 2.53 bits per heavy atom. The Labute approximate surface area is 200 Å². The van der Waals surface area contributed by atoms with Crippen molar-refractivity contribution < 1.29 is 4.79 Å². The molecule has 0 radical (unpaired) electrons. The van der Waals surface area contributed by atoms with Crippen molar-refractivity contribution in [2.75, 3.05) is 6.54 Å². The molecule has 0 aliphatic carbocycles. The van der Waals surface area contributed by atoms with Gasteiger partial charge in [0.2, 0.25) is 0 Å². The van der Waals surface area contributed by atoms with Crippen molar-refractivity contribution in [1.82, 2.24) is 20.7 Å². The predicted octanol–water partition coefficient (Wildman–Crippen LogP) is 5.04. The average Bonchev–Trinajstić information content (AvgIpc) is 2.86. The van der Waals surface area contributed by atoms with Gasteiger partial charge < -0.3 is 5.32 Å². The standard InChI is InChI=1S/C28H27N5O/c1-21-9-8-13-27(33(21)32-22(2)31-26-11-4-3-5-12-26)23-14-16-24(17-15-23)28(34)30-20-18-25-10-6-7-19-29-25/h3-17,19H,1,18,20H2,2H3,(H,30,34)(H,31,32). The van der Waals surface area contributed by atoms with E-state index in [-0.39, 0.29) is 5.91 Å². The molecule has 0 saturated heterocycles. The second-order valence-corrected chi connectivity index (χ2v) is 7.79. The van der Waals surface area contributed by atoms with Crippen LogP contribution in [0.4, 0.5) is 5.69 Å². The van der Waals surface area contributed by atoms with E-state index in [1.54, 1.807) is 6.20 Å². The number of allylic oxidation sites excluding steroid dienone is 3. The molecule has 6 nitrogen and oxygen atoms in total. The van der Waals surface area contributed by atoms with Gasteiger partial charge in [-0.05, 0) is 55.5 Å². The molecular weight excluding hydrogens is 422 g/mol. The Morgan fingerprint density at radius 2 is 1.79 bits per heavy atom. The molecule has 0 bridgehead atoms. The SMILES string of the molecule is C=C1C=CC=C(c2ccc(C(=O)NCCc3ccccn3)cc2)N1NC(C)=Nc1ccccc1. The van der Waals surface area contributed by atoms with E-state index in [4.69, 9.17) is 0 Å². The van der Waals surface area contributed by atoms with E-state index in [0.717, 1.165) is 34.2 Å². The first-order chi connectivity index (χ1) is 16.6. The summed E-state index contributed by atoms with van der Waals surface area (Å²) in [7, 11) is 0. The monoisotopic (exact) mass is 449 g/mol. The molecule has 0 atom stereocenters. The average molecular weight is 450 g/mol. The lowest BCUT2D eigenvalue weighted by atomic mass is 10.1. The zero-order valence-corrected chi connectivity index (χ0v) is 19.1. The number of hydrogen-bond acceptors (Lipinski definition) is 4. The Balaban J connectivity index is 1.42. The van der Waals surface area contributed by atoms with Crippen LogP contribution in [-0.4, -0.2) is 28.3 Å². The van der Waals surface area contributed by atoms with Crippen molar-refractivity contribution >= 4 is 23.1 Å². The van der Waals surface area contributed by atoms with Gasteiger partial charge in [0.25, 0.3) is 5.91 Å². The van der Waals surface area contributed by atoms with E-state index in [9.17, 15) is 4.79 Å². The van der Waals surface area contributed by atoms with Gasteiger partial charge in [0.05, 0.1) is 17.1 Å². The van der Waals surface area contributed by atoms with Gasteiger partial charge in [0.15, 0.2) is 0 Å². The lowest BCUT2D eigenvalue weighted by molar-refractivity contribution is 0.0954. The van der Waals surface area contributed by atoms with Gasteiger partial charge in [-0.2, -0.15) is 0 Å². The van der Waals surface area contributed by atoms with Crippen LogP contribution in [0.1, 0.15) is 28.5 Å². The molecular formula is C28H27N5O. The number of nitrogens with zero attached hydrogens (tertiary/aromatic N) is 3. The van der Waals surface area contributed by atoms with Gasteiger partial charge >= 0.3 is 0 Å². The van der Waals surface area contributed by atoms with E-state index in [1.165, 1.54) is 0 Å². The number of pyridine rings is 1. The van der Waals surface area contributed by atoms with Gasteiger partial charge in [-0.3, -0.25) is 20.2 Å². The van der Waals surface area contributed by atoms with Crippen LogP contribution in [0.25, 0.3) is 5.70 Å². The maximum absolute atomic E-state index is 12.5. The fraction of sp³-hybridized carbons (Fsp3) is 0.107. The molecule has 1 amide bonds. The van der Waals surface area contributed by atoms with Crippen molar-refractivity contribution in [3.63, 3.8) is 0 Å². The number of aromatic nitrogens is 1. The summed E-state index contributed by atoms with van der Waals surface area (Å²) in [5, 5.41) is 4.85. The number of carbonyl (C=O) groups is 1. The van der Waals surface area contributed by atoms with E-state index in [2.05, 4.69) is 27.3 Å². The molecule has 0 saturated carbocycles. The zero-order valence-electron chi connectivity index (χ0n) is 19.1. The van der Waals surface area contributed by atoms with Crippen LogP contribution < -0.4 is 10.7 Å². The van der Waals surface area contributed by atoms with Crippen LogP contribution in [0.15, 0.2) is 114 Å². The molecule has 1 aromatic heterocycles. The number of benzene rings is 2. The van der Waals surface area contributed by atoms with Crippen LogP contribution in [0.5, 0.6) is 0 Å². The summed E-state index contributed by atoms with van der Waals surface area (Å²) in [4.78, 5) is 21.4. The van der Waals surface area contributed by atoms with Crippen LogP contribution in [-0.2, 0) is 6.42 Å². The number of aliphatic imine (C=N–C) groups is 1. The lowest BCUT2D eigenvalue weighted by Crippen LogP contribution is -2.39. The summed E-state index contributed by atoms with van der Waals surface area (Å²) in [6, 6.07) is 23.1. The minimum absolute atomic E-state index is 0.106. The Bertz CT molecular complexity index is 1230. The topological polar surface area (TPSA) is 69.6 Å². The Kier molecular flexibility index (Phi) is 7.30. The van der Waals surface area contributed by atoms with Crippen molar-refractivity contribution in [3.05, 3.63) is 126 Å². The first-order valence-corrected chi connectivity index (χ1v) is 11.1. The quantitative estimate of drug-likeness (QED) is 0.392. The fourth-order valence-electron chi connectivity index (χ4n) is 3.54. The van der Waals surface area contributed by atoms with Gasteiger partial charge in [-0.15, -0.1) is 0 Å². The highest BCUT2D eigenvalue weighted by molar-refractivity contribution is 5.94. The van der Waals surface area contributed by atoms with Crippen LogP contribution in [0, 0.1) is 0 Å². The number of nitrogens with one attached hydrogen (secondary N) is 2. The van der Waals surface area contributed by atoms with Crippen molar-refractivity contribution in [2.24, 2.45) is 4.99 Å². The van der Waals surface area contributed by atoms with E-state index >= 15 is 0 Å². The first-order valence-electron chi connectivity index (χ1n) is 11.1. The molecule has 0 spiro atoms. The molecule has 2 heterocycles. The smallest absolute Gasteiger partial charge is 0.251 e. The van der Waals surface area contributed by atoms with Crippen molar-refractivity contribution in [3.8, 4) is 0 Å². The molecule has 6 heteroatoms. The Hall–Kier alpha value is -4.45. The largest absolute Gasteiger partial charge is 0.352 e. The van der Waals surface area contributed by atoms with E-state index in [1.807, 2.05) is 103 Å². The molecule has 0 fully saturated rings. The zero-order chi connectivity index (χ0) is 23.8. The third-order valence-corrected chi connectivity index (χ3v) is 5.23. The second kappa shape index (κ2) is 10.9. The van der Waals surface area contributed by atoms with E-state index in [0.29, 0.717) is 18.5 Å². The molecule has 4 rings (SSSR count). The van der Waals surface area contributed by atoms with Crippen LogP contribution >= 0.6 is 0 Å². The summed E-state index contributed by atoms with van der Waals surface area (Å²) in [6.07, 6.45) is 8.33. The minimum Gasteiger partial charge on any atom is -0.352 e. The number of hydrazine groups is 1. The number of carbonyl (C=O) groups excluding carboxylic acids is 1. The maximum Gasteiger partial charge on any atom is 0.251 e. The molecule has 3 aromatic rings. The summed E-state index contributed by atoms with van der Waals surface area (Å²) in [6.45, 7) is 6.59. The number of amidine groups is 1. The summed E-state index contributed by atoms with van der Waals surface area (Å²) in [5.74, 6) is 0.627. The molecule has 1 aliphatic heterocycles. The Morgan fingerprint density at radius 1 is 1.03 bits per heavy atom. The highest BCUT2D eigenvalue weighted by Crippen LogP contribution is 2.25.